The molecule has 1 heterocycles. The van der Waals surface area contributed by atoms with E-state index in [2.05, 4.69) is 85.8 Å². The Morgan fingerprint density at radius 2 is 1.27 bits per heavy atom. The van der Waals surface area contributed by atoms with Crippen molar-refractivity contribution in [1.29, 1.82) is 0 Å². The van der Waals surface area contributed by atoms with Crippen LogP contribution in [-0.2, 0) is 0 Å². The Kier molecular flexibility index (Phi) is 2.78. The molecule has 0 nitrogen and oxygen atoms in total. The minimum Gasteiger partial charge on any atom is -0.135 e. The Labute approximate surface area is 155 Å². The summed E-state index contributed by atoms with van der Waals surface area (Å²) in [6.45, 7) is 2.24. The van der Waals surface area contributed by atoms with Gasteiger partial charge in [0.2, 0.25) is 0 Å². The fourth-order valence-corrected chi connectivity index (χ4v) is 5.60. The third-order valence-electron chi connectivity index (χ3n) is 5.57. The van der Waals surface area contributed by atoms with Gasteiger partial charge in [0, 0.05) is 20.2 Å². The summed E-state index contributed by atoms with van der Waals surface area (Å²) < 4.78 is 2.75. The van der Waals surface area contributed by atoms with Gasteiger partial charge in [-0.2, -0.15) is 0 Å². The molecule has 0 aliphatic carbocycles. The first kappa shape index (κ1) is 14.3. The molecule has 0 fully saturated rings. The fourth-order valence-electron chi connectivity index (χ4n) is 4.38. The highest BCUT2D eigenvalue weighted by atomic mass is 32.1. The minimum atomic E-state index is 1.30. The lowest BCUT2D eigenvalue weighted by Crippen LogP contribution is -1.84. The van der Waals surface area contributed by atoms with Gasteiger partial charge in [-0.25, -0.2) is 0 Å². The van der Waals surface area contributed by atoms with Gasteiger partial charge in [-0.15, -0.1) is 11.3 Å². The van der Waals surface area contributed by atoms with Gasteiger partial charge in [-0.3, -0.25) is 0 Å². The van der Waals surface area contributed by atoms with E-state index >= 15 is 0 Å². The van der Waals surface area contributed by atoms with Crippen LogP contribution in [0.25, 0.3) is 52.5 Å². The molecule has 26 heavy (non-hydrogen) atoms. The normalized spacial score (nSPS) is 12.0. The van der Waals surface area contributed by atoms with Crippen molar-refractivity contribution in [1.82, 2.24) is 0 Å². The average Bonchev–Trinajstić information content (AvgIpc) is 3.05. The Morgan fingerprint density at radius 3 is 2.19 bits per heavy atom. The Balaban J connectivity index is 1.98. The van der Waals surface area contributed by atoms with Crippen LogP contribution in [-0.4, -0.2) is 0 Å². The molecule has 0 bridgehead atoms. The molecule has 1 heteroatoms. The molecule has 0 radical (unpaired) electrons. The summed E-state index contributed by atoms with van der Waals surface area (Å²) >= 11 is 1.90. The van der Waals surface area contributed by atoms with Crippen molar-refractivity contribution in [2.75, 3.05) is 0 Å². The number of benzene rings is 5. The van der Waals surface area contributed by atoms with E-state index in [0.717, 1.165) is 0 Å². The largest absolute Gasteiger partial charge is 0.135 e. The second-order valence-electron chi connectivity index (χ2n) is 7.03. The summed E-state index contributed by atoms with van der Waals surface area (Å²) in [6.07, 6.45) is 0. The molecule has 5 aromatic carbocycles. The standard InChI is InChI=1S/C25H16S/c1-15-14-23-25(21-8-4-5-9-22(21)26-23)24-17(15)12-13-19-18-7-3-2-6-16(18)10-11-20(19)24/h2-14H,1H3. The molecule has 6 aromatic rings. The summed E-state index contributed by atoms with van der Waals surface area (Å²) in [7, 11) is 0. The van der Waals surface area contributed by atoms with E-state index in [4.69, 9.17) is 0 Å². The zero-order valence-electron chi connectivity index (χ0n) is 14.4. The maximum Gasteiger partial charge on any atom is 0.0364 e. The third kappa shape index (κ3) is 1.79. The van der Waals surface area contributed by atoms with Crippen molar-refractivity contribution in [2.45, 2.75) is 6.92 Å². The molecule has 0 atom stereocenters. The summed E-state index contributed by atoms with van der Waals surface area (Å²) in [6, 6.07) is 29.0. The van der Waals surface area contributed by atoms with Crippen molar-refractivity contribution >= 4 is 63.8 Å². The highest BCUT2D eigenvalue weighted by Crippen LogP contribution is 2.43. The molecule has 0 amide bonds. The summed E-state index contributed by atoms with van der Waals surface area (Å²) in [5.74, 6) is 0. The van der Waals surface area contributed by atoms with Crippen molar-refractivity contribution in [2.24, 2.45) is 0 Å². The van der Waals surface area contributed by atoms with Crippen molar-refractivity contribution in [3.8, 4) is 0 Å². The molecule has 0 saturated heterocycles. The lowest BCUT2D eigenvalue weighted by Gasteiger charge is -2.11. The fraction of sp³-hybridized carbons (Fsp3) is 0.0400. The van der Waals surface area contributed by atoms with Crippen LogP contribution >= 0.6 is 11.3 Å². The van der Waals surface area contributed by atoms with Crippen LogP contribution in [0.1, 0.15) is 5.56 Å². The van der Waals surface area contributed by atoms with Crippen molar-refractivity contribution in [3.63, 3.8) is 0 Å². The van der Waals surface area contributed by atoms with E-state index < -0.39 is 0 Å². The van der Waals surface area contributed by atoms with E-state index in [1.807, 2.05) is 11.3 Å². The molecule has 0 saturated carbocycles. The van der Waals surface area contributed by atoms with Gasteiger partial charge in [0.05, 0.1) is 0 Å². The van der Waals surface area contributed by atoms with Gasteiger partial charge in [0.15, 0.2) is 0 Å². The van der Waals surface area contributed by atoms with Gasteiger partial charge in [0.1, 0.15) is 0 Å². The van der Waals surface area contributed by atoms with Gasteiger partial charge < -0.3 is 0 Å². The summed E-state index contributed by atoms with van der Waals surface area (Å²) in [5, 5.41) is 10.9. The van der Waals surface area contributed by atoms with Crippen LogP contribution < -0.4 is 0 Å². The van der Waals surface area contributed by atoms with Gasteiger partial charge >= 0.3 is 0 Å². The quantitative estimate of drug-likeness (QED) is 0.245. The molecule has 6 rings (SSSR count). The molecule has 0 aliphatic rings. The lowest BCUT2D eigenvalue weighted by atomic mass is 9.92. The topological polar surface area (TPSA) is 0 Å². The Hall–Kier alpha value is -2.90. The first-order chi connectivity index (χ1) is 12.8. The average molecular weight is 348 g/mol. The zero-order chi connectivity index (χ0) is 17.3. The van der Waals surface area contributed by atoms with Crippen LogP contribution in [0.5, 0.6) is 0 Å². The van der Waals surface area contributed by atoms with E-state index in [9.17, 15) is 0 Å². The Bertz CT molecular complexity index is 1480. The molecular formula is C25H16S. The molecule has 1 aromatic heterocycles. The van der Waals surface area contributed by atoms with E-state index in [1.165, 1.54) is 58.1 Å². The SMILES string of the molecule is Cc1cc2sc3ccccc3c2c2c1ccc1c3ccccc3ccc12. The number of aryl methyl sites for hydroxylation is 1. The minimum absolute atomic E-state index is 1.30. The zero-order valence-corrected chi connectivity index (χ0v) is 15.2. The van der Waals surface area contributed by atoms with Gasteiger partial charge in [-0.1, -0.05) is 66.7 Å². The van der Waals surface area contributed by atoms with Gasteiger partial charge in [-0.05, 0) is 56.9 Å². The predicted octanol–water partition coefficient (Wildman–Crippen LogP) is 7.82. The maximum atomic E-state index is 2.36. The molecule has 0 N–H and O–H groups in total. The molecular weight excluding hydrogens is 332 g/mol. The van der Waals surface area contributed by atoms with E-state index in [-0.39, 0.29) is 0 Å². The monoisotopic (exact) mass is 348 g/mol. The molecule has 0 spiro atoms. The highest BCUT2D eigenvalue weighted by Gasteiger charge is 2.14. The number of fused-ring (bicyclic) bond motifs is 9. The number of rotatable bonds is 0. The van der Waals surface area contributed by atoms with Crippen LogP contribution in [0, 0.1) is 6.92 Å². The van der Waals surface area contributed by atoms with E-state index in [1.54, 1.807) is 0 Å². The number of hydrogen-bond acceptors (Lipinski definition) is 1. The summed E-state index contributed by atoms with van der Waals surface area (Å²) in [5.41, 5.74) is 1.36. The van der Waals surface area contributed by atoms with Crippen LogP contribution in [0.2, 0.25) is 0 Å². The van der Waals surface area contributed by atoms with Crippen molar-refractivity contribution < 1.29 is 0 Å². The van der Waals surface area contributed by atoms with Crippen LogP contribution in [0.4, 0.5) is 0 Å². The Morgan fingerprint density at radius 1 is 0.538 bits per heavy atom. The smallest absolute Gasteiger partial charge is 0.0364 e. The highest BCUT2D eigenvalue weighted by molar-refractivity contribution is 7.26. The maximum absolute atomic E-state index is 2.36. The van der Waals surface area contributed by atoms with E-state index in [0.29, 0.717) is 0 Å². The summed E-state index contributed by atoms with van der Waals surface area (Å²) in [4.78, 5) is 0. The third-order valence-corrected chi connectivity index (χ3v) is 6.69. The number of thiophene rings is 1. The van der Waals surface area contributed by atoms with Crippen LogP contribution in [0.3, 0.4) is 0 Å². The molecule has 0 aliphatic heterocycles. The van der Waals surface area contributed by atoms with Crippen LogP contribution in [0.15, 0.2) is 78.9 Å². The molecule has 0 unspecified atom stereocenters. The first-order valence-electron chi connectivity index (χ1n) is 8.96. The predicted molar refractivity (Wildman–Crippen MR) is 117 cm³/mol. The second-order valence-corrected chi connectivity index (χ2v) is 8.12. The molecule has 122 valence electrons. The first-order valence-corrected chi connectivity index (χ1v) is 9.78. The second kappa shape index (κ2) is 5.06. The lowest BCUT2D eigenvalue weighted by molar-refractivity contribution is 1.57. The van der Waals surface area contributed by atoms with Crippen molar-refractivity contribution in [3.05, 3.63) is 84.4 Å². The number of hydrogen-bond donors (Lipinski definition) is 0. The van der Waals surface area contributed by atoms with Gasteiger partial charge in [0.25, 0.3) is 0 Å².